The van der Waals surface area contributed by atoms with E-state index in [-0.39, 0.29) is 11.5 Å². The summed E-state index contributed by atoms with van der Waals surface area (Å²) in [7, 11) is -2.94. The minimum Gasteiger partial charge on any atom is -0.384 e. The Bertz CT molecular complexity index is 514. The lowest BCUT2D eigenvalue weighted by Gasteiger charge is -2.10. The molecule has 0 spiro atoms. The number of hydrogen-bond acceptors (Lipinski definition) is 4. The van der Waals surface area contributed by atoms with Crippen LogP contribution in [0.4, 0.5) is 5.82 Å². The highest BCUT2D eigenvalue weighted by Gasteiger charge is 2.32. The van der Waals surface area contributed by atoms with E-state index in [1.54, 1.807) is 0 Å². The van der Waals surface area contributed by atoms with Crippen molar-refractivity contribution in [2.24, 2.45) is 0 Å². The number of rotatable bonds is 1. The van der Waals surface area contributed by atoms with Crippen LogP contribution in [-0.2, 0) is 22.0 Å². The Morgan fingerprint density at radius 2 is 2.13 bits per heavy atom. The predicted octanol–water partition coefficient (Wildman–Crippen LogP) is 0.271. The number of nitrogens with two attached hydrogens (primary N) is 1. The Hall–Kier alpha value is -1.04. The number of nitrogen functional groups attached to an aromatic ring is 1. The monoisotopic (exact) mass is 227 g/mol. The molecule has 0 unspecified atom stereocenters. The molecule has 0 saturated heterocycles. The second-order valence-corrected chi connectivity index (χ2v) is 6.51. The molecule has 6 heteroatoms. The van der Waals surface area contributed by atoms with Crippen LogP contribution >= 0.6 is 0 Å². The number of nitrogens with zero attached hydrogens (tertiary/aromatic N) is 2. The summed E-state index contributed by atoms with van der Waals surface area (Å²) in [6, 6.07) is 0.415. The third-order valence-corrected chi connectivity index (χ3v) is 4.58. The van der Waals surface area contributed by atoms with Gasteiger partial charge in [0, 0.05) is 5.56 Å². The predicted molar refractivity (Wildman–Crippen MR) is 56.1 cm³/mol. The fourth-order valence-corrected chi connectivity index (χ4v) is 3.36. The van der Waals surface area contributed by atoms with Crippen molar-refractivity contribution in [3.05, 3.63) is 11.3 Å². The number of anilines is 1. The van der Waals surface area contributed by atoms with E-state index < -0.39 is 9.84 Å². The second kappa shape index (κ2) is 2.75. The number of hydrogen-bond donors (Lipinski definition) is 1. The van der Waals surface area contributed by atoms with Gasteiger partial charge in [-0.2, -0.15) is 5.10 Å². The first-order valence-electron chi connectivity index (χ1n) is 5.13. The van der Waals surface area contributed by atoms with Crippen molar-refractivity contribution in [3.63, 3.8) is 0 Å². The highest BCUT2D eigenvalue weighted by atomic mass is 32.2. The van der Waals surface area contributed by atoms with Crippen LogP contribution in [0.15, 0.2) is 0 Å². The maximum atomic E-state index is 11.4. The van der Waals surface area contributed by atoms with Gasteiger partial charge < -0.3 is 5.73 Å². The summed E-state index contributed by atoms with van der Waals surface area (Å²) in [5, 5.41) is 4.32. The molecule has 5 nitrogen and oxygen atoms in total. The molecule has 82 valence electrons. The lowest BCUT2D eigenvalue weighted by atomic mass is 10.2. The van der Waals surface area contributed by atoms with E-state index in [0.717, 1.165) is 18.4 Å². The zero-order valence-corrected chi connectivity index (χ0v) is 9.13. The topological polar surface area (TPSA) is 78.0 Å². The Balaban J connectivity index is 2.08. The average molecular weight is 227 g/mol. The molecule has 2 aliphatic rings. The molecule has 2 heterocycles. The van der Waals surface area contributed by atoms with E-state index >= 15 is 0 Å². The van der Waals surface area contributed by atoms with Gasteiger partial charge in [0.2, 0.25) is 0 Å². The van der Waals surface area contributed by atoms with Crippen LogP contribution < -0.4 is 5.73 Å². The third-order valence-electron chi connectivity index (χ3n) is 3.05. The molecule has 1 aliphatic heterocycles. The quantitative estimate of drug-likeness (QED) is 0.747. The molecule has 2 N–H and O–H groups in total. The molecule has 1 aromatic rings. The third kappa shape index (κ3) is 1.43. The van der Waals surface area contributed by atoms with Gasteiger partial charge in [-0.25, -0.2) is 13.1 Å². The molecule has 0 atom stereocenters. The van der Waals surface area contributed by atoms with Gasteiger partial charge in [0.25, 0.3) is 0 Å². The minimum atomic E-state index is -2.94. The first-order valence-corrected chi connectivity index (χ1v) is 6.95. The van der Waals surface area contributed by atoms with Crippen molar-refractivity contribution in [3.8, 4) is 0 Å². The Labute approximate surface area is 88.2 Å². The van der Waals surface area contributed by atoms with Crippen LogP contribution in [-0.4, -0.2) is 24.0 Å². The minimum absolute atomic E-state index is 0.0618. The summed E-state index contributed by atoms with van der Waals surface area (Å²) in [6.07, 6.45) is 2.74. The van der Waals surface area contributed by atoms with E-state index in [2.05, 4.69) is 5.10 Å². The first kappa shape index (κ1) is 9.21. The summed E-state index contributed by atoms with van der Waals surface area (Å²) in [6.45, 7) is 0. The van der Waals surface area contributed by atoms with Gasteiger partial charge in [0.05, 0.1) is 23.2 Å². The highest BCUT2D eigenvalue weighted by molar-refractivity contribution is 7.90. The molecule has 1 fully saturated rings. The Kier molecular flexibility index (Phi) is 1.69. The van der Waals surface area contributed by atoms with Crippen LogP contribution in [0, 0.1) is 0 Å². The molecule has 1 saturated carbocycles. The van der Waals surface area contributed by atoms with Crippen molar-refractivity contribution in [2.75, 3.05) is 11.5 Å². The molecule has 1 aromatic heterocycles. The fourth-order valence-electron chi connectivity index (χ4n) is 2.05. The average Bonchev–Trinajstić information content (AvgIpc) is 2.92. The van der Waals surface area contributed by atoms with Gasteiger partial charge in [-0.05, 0) is 19.3 Å². The van der Waals surface area contributed by atoms with Crippen LogP contribution in [0.2, 0.25) is 0 Å². The Morgan fingerprint density at radius 1 is 1.40 bits per heavy atom. The van der Waals surface area contributed by atoms with Gasteiger partial charge >= 0.3 is 0 Å². The molecule has 15 heavy (non-hydrogen) atoms. The van der Waals surface area contributed by atoms with Crippen molar-refractivity contribution >= 4 is 15.7 Å². The van der Waals surface area contributed by atoms with Crippen LogP contribution in [0.3, 0.4) is 0 Å². The highest BCUT2D eigenvalue weighted by Crippen LogP contribution is 2.38. The second-order valence-electron chi connectivity index (χ2n) is 4.33. The van der Waals surface area contributed by atoms with Gasteiger partial charge in [-0.1, -0.05) is 0 Å². The summed E-state index contributed by atoms with van der Waals surface area (Å²) < 4.78 is 24.7. The maximum Gasteiger partial charge on any atom is 0.156 e. The van der Waals surface area contributed by atoms with Crippen LogP contribution in [0.25, 0.3) is 0 Å². The van der Waals surface area contributed by atoms with E-state index in [9.17, 15) is 8.42 Å². The van der Waals surface area contributed by atoms with Crippen molar-refractivity contribution in [1.82, 2.24) is 9.78 Å². The molecule has 3 rings (SSSR count). The van der Waals surface area contributed by atoms with Crippen molar-refractivity contribution in [2.45, 2.75) is 31.1 Å². The molecule has 0 radical (unpaired) electrons. The van der Waals surface area contributed by atoms with Crippen molar-refractivity contribution < 1.29 is 8.42 Å². The fraction of sp³-hybridized carbons (Fsp3) is 0.667. The summed E-state index contributed by atoms with van der Waals surface area (Å²) in [4.78, 5) is 0. The van der Waals surface area contributed by atoms with Gasteiger partial charge in [-0.15, -0.1) is 0 Å². The lowest BCUT2D eigenvalue weighted by molar-refractivity contribution is 0.589. The van der Waals surface area contributed by atoms with Crippen LogP contribution in [0.1, 0.15) is 30.1 Å². The number of sulfone groups is 1. The Morgan fingerprint density at radius 3 is 2.80 bits per heavy atom. The van der Waals surface area contributed by atoms with Crippen molar-refractivity contribution in [1.29, 1.82) is 0 Å². The largest absolute Gasteiger partial charge is 0.384 e. The van der Waals surface area contributed by atoms with Crippen LogP contribution in [0.5, 0.6) is 0 Å². The number of aromatic nitrogens is 2. The first-order chi connectivity index (χ1) is 7.07. The molecular formula is C9H13N3O2S. The smallest absolute Gasteiger partial charge is 0.156 e. The number of fused-ring (bicyclic) bond motifs is 1. The lowest BCUT2D eigenvalue weighted by Crippen LogP contribution is -2.18. The van der Waals surface area contributed by atoms with E-state index in [0.29, 0.717) is 24.0 Å². The van der Waals surface area contributed by atoms with E-state index in [1.165, 1.54) is 0 Å². The molecule has 0 bridgehead atoms. The van der Waals surface area contributed by atoms with E-state index in [4.69, 9.17) is 5.73 Å². The van der Waals surface area contributed by atoms with Gasteiger partial charge in [0.15, 0.2) is 9.84 Å². The van der Waals surface area contributed by atoms with Gasteiger partial charge in [-0.3, -0.25) is 0 Å². The molecule has 0 aromatic carbocycles. The zero-order valence-electron chi connectivity index (χ0n) is 8.31. The zero-order chi connectivity index (χ0) is 10.6. The standard InChI is InChI=1S/C9H13N3O2S/c10-9-7-3-4-15(13,14)5-8(7)11-12(9)6-1-2-6/h6H,1-5,10H2. The summed E-state index contributed by atoms with van der Waals surface area (Å²) in [5.74, 6) is 0.953. The normalized spacial score (nSPS) is 23.7. The summed E-state index contributed by atoms with van der Waals surface area (Å²) in [5.41, 5.74) is 7.59. The molecule has 1 aliphatic carbocycles. The molecule has 0 amide bonds. The SMILES string of the molecule is Nc1c2c(nn1C1CC1)CS(=O)(=O)CC2. The summed E-state index contributed by atoms with van der Waals surface area (Å²) >= 11 is 0. The van der Waals surface area contributed by atoms with E-state index in [1.807, 2.05) is 4.68 Å². The maximum absolute atomic E-state index is 11.4. The van der Waals surface area contributed by atoms with Gasteiger partial charge in [0.1, 0.15) is 5.82 Å². The molecular weight excluding hydrogens is 214 g/mol.